The minimum Gasteiger partial charge on any atom is -0.393 e. The fourth-order valence-electron chi connectivity index (χ4n) is 1.80. The number of carbonyl (C=O) groups excluding carboxylic acids is 2. The average molecular weight is 229 g/mol. The Morgan fingerprint density at radius 3 is 2.50 bits per heavy atom. The molecule has 0 heterocycles. The average Bonchev–Trinajstić information content (AvgIpc) is 2.12. The van der Waals surface area contributed by atoms with Gasteiger partial charge in [0.1, 0.15) is 0 Å². The lowest BCUT2D eigenvalue weighted by atomic mass is 9.82. The zero-order valence-electron chi connectivity index (χ0n) is 9.69. The summed E-state index contributed by atoms with van der Waals surface area (Å²) in [5, 5.41) is 9.11. The summed E-state index contributed by atoms with van der Waals surface area (Å²) in [5.41, 5.74) is 4.54. The van der Waals surface area contributed by atoms with Gasteiger partial charge in [-0.3, -0.25) is 25.3 Å². The van der Waals surface area contributed by atoms with Gasteiger partial charge in [-0.1, -0.05) is 0 Å². The minimum absolute atomic E-state index is 0.161. The van der Waals surface area contributed by atoms with E-state index < -0.39 is 0 Å². The smallest absolute Gasteiger partial charge is 0.252 e. The molecule has 0 bridgehead atoms. The van der Waals surface area contributed by atoms with Crippen molar-refractivity contribution in [3.05, 3.63) is 0 Å². The normalized spacial score (nSPS) is 23.8. The van der Waals surface area contributed by atoms with Gasteiger partial charge < -0.3 is 5.11 Å². The summed E-state index contributed by atoms with van der Waals surface area (Å²) in [7, 11) is 1.85. The summed E-state index contributed by atoms with van der Waals surface area (Å²) in [6.07, 6.45) is 1.47. The highest BCUT2D eigenvalue weighted by molar-refractivity contribution is 5.81. The van der Waals surface area contributed by atoms with Crippen LogP contribution in [-0.2, 0) is 9.59 Å². The van der Waals surface area contributed by atoms with Crippen LogP contribution in [0.3, 0.4) is 0 Å². The van der Waals surface area contributed by atoms with Crippen LogP contribution >= 0.6 is 0 Å². The van der Waals surface area contributed by atoms with Gasteiger partial charge in [-0.2, -0.15) is 0 Å². The molecule has 0 saturated heterocycles. The molecule has 1 aliphatic carbocycles. The molecular formula is C10H19N3O3. The van der Waals surface area contributed by atoms with Crippen LogP contribution in [-0.4, -0.2) is 48.1 Å². The Hall–Kier alpha value is -1.14. The summed E-state index contributed by atoms with van der Waals surface area (Å²) in [6, 6.07) is 0. The summed E-state index contributed by atoms with van der Waals surface area (Å²) < 4.78 is 0. The van der Waals surface area contributed by atoms with Crippen molar-refractivity contribution >= 4 is 11.8 Å². The molecule has 0 unspecified atom stereocenters. The third kappa shape index (κ3) is 4.59. The minimum atomic E-state index is -0.293. The lowest BCUT2D eigenvalue weighted by Crippen LogP contribution is -2.46. The number of aliphatic hydroxyl groups is 1. The summed E-state index contributed by atoms with van der Waals surface area (Å²) in [5.74, 6) is -0.0516. The molecule has 6 nitrogen and oxygen atoms in total. The van der Waals surface area contributed by atoms with E-state index in [0.29, 0.717) is 5.92 Å². The van der Waals surface area contributed by atoms with E-state index in [0.717, 1.165) is 19.4 Å². The number of carbonyl (C=O) groups is 2. The van der Waals surface area contributed by atoms with E-state index in [4.69, 9.17) is 5.11 Å². The number of hydrazine groups is 1. The van der Waals surface area contributed by atoms with Crippen LogP contribution in [0.25, 0.3) is 0 Å². The zero-order valence-corrected chi connectivity index (χ0v) is 9.69. The Bertz CT molecular complexity index is 264. The third-order valence-corrected chi connectivity index (χ3v) is 2.57. The first-order valence-corrected chi connectivity index (χ1v) is 5.39. The molecule has 1 saturated carbocycles. The van der Waals surface area contributed by atoms with Crippen molar-refractivity contribution in [3.63, 3.8) is 0 Å². The van der Waals surface area contributed by atoms with Crippen molar-refractivity contribution in [1.82, 2.24) is 15.8 Å². The lowest BCUT2D eigenvalue weighted by Gasteiger charge is -2.34. The molecule has 6 heteroatoms. The summed E-state index contributed by atoms with van der Waals surface area (Å²) >= 11 is 0. The summed E-state index contributed by atoms with van der Waals surface area (Å²) in [6.45, 7) is 2.37. The maximum Gasteiger partial charge on any atom is 0.252 e. The van der Waals surface area contributed by atoms with E-state index in [9.17, 15) is 9.59 Å². The van der Waals surface area contributed by atoms with Gasteiger partial charge in [-0.25, -0.2) is 0 Å². The number of aliphatic hydroxyl groups excluding tert-OH is 1. The predicted molar refractivity (Wildman–Crippen MR) is 58.2 cm³/mol. The van der Waals surface area contributed by atoms with Crippen LogP contribution in [0, 0.1) is 5.92 Å². The van der Waals surface area contributed by atoms with E-state index in [1.807, 2.05) is 11.9 Å². The number of amides is 2. The van der Waals surface area contributed by atoms with Crippen molar-refractivity contribution in [1.29, 1.82) is 0 Å². The molecule has 0 radical (unpaired) electrons. The number of nitrogens with one attached hydrogen (secondary N) is 2. The van der Waals surface area contributed by atoms with E-state index in [1.165, 1.54) is 6.92 Å². The van der Waals surface area contributed by atoms with Crippen molar-refractivity contribution in [3.8, 4) is 0 Å². The van der Waals surface area contributed by atoms with Gasteiger partial charge in [0.25, 0.3) is 5.91 Å². The Morgan fingerprint density at radius 1 is 1.38 bits per heavy atom. The molecule has 92 valence electrons. The Labute approximate surface area is 95.0 Å². The SMILES string of the molecule is CC(=O)NNC(=O)CN(C)CC1CC(O)C1. The van der Waals surface area contributed by atoms with Crippen LogP contribution in [0.5, 0.6) is 0 Å². The first-order chi connectivity index (χ1) is 7.47. The molecule has 1 fully saturated rings. The van der Waals surface area contributed by atoms with Crippen LogP contribution < -0.4 is 10.9 Å². The maximum absolute atomic E-state index is 11.3. The predicted octanol–water partition coefficient (Wildman–Crippen LogP) is -1.14. The Morgan fingerprint density at radius 2 is 2.00 bits per heavy atom. The first kappa shape index (κ1) is 12.9. The van der Waals surface area contributed by atoms with Crippen LogP contribution in [0.15, 0.2) is 0 Å². The molecule has 2 amide bonds. The monoisotopic (exact) mass is 229 g/mol. The number of nitrogens with zero attached hydrogens (tertiary/aromatic N) is 1. The third-order valence-electron chi connectivity index (χ3n) is 2.57. The van der Waals surface area contributed by atoms with Crippen molar-refractivity contribution < 1.29 is 14.7 Å². The molecule has 0 aromatic carbocycles. The first-order valence-electron chi connectivity index (χ1n) is 5.39. The molecule has 0 aromatic heterocycles. The molecule has 1 rings (SSSR count). The molecule has 0 atom stereocenters. The summed E-state index contributed by atoms with van der Waals surface area (Å²) in [4.78, 5) is 23.7. The second-order valence-corrected chi connectivity index (χ2v) is 4.42. The number of hydrogen-bond donors (Lipinski definition) is 3. The molecular weight excluding hydrogens is 210 g/mol. The van der Waals surface area contributed by atoms with Gasteiger partial charge in [0, 0.05) is 13.5 Å². The van der Waals surface area contributed by atoms with Crippen molar-refractivity contribution in [2.75, 3.05) is 20.1 Å². The quantitative estimate of drug-likeness (QED) is 0.532. The topological polar surface area (TPSA) is 81.7 Å². The van der Waals surface area contributed by atoms with Gasteiger partial charge in [0.2, 0.25) is 5.91 Å². The van der Waals surface area contributed by atoms with Gasteiger partial charge in [-0.05, 0) is 25.8 Å². The highest BCUT2D eigenvalue weighted by Crippen LogP contribution is 2.27. The van der Waals surface area contributed by atoms with Gasteiger partial charge in [-0.15, -0.1) is 0 Å². The van der Waals surface area contributed by atoms with Crippen LogP contribution in [0.1, 0.15) is 19.8 Å². The van der Waals surface area contributed by atoms with Crippen LogP contribution in [0.2, 0.25) is 0 Å². The van der Waals surface area contributed by atoms with E-state index in [2.05, 4.69) is 10.9 Å². The van der Waals surface area contributed by atoms with Crippen molar-refractivity contribution in [2.45, 2.75) is 25.9 Å². The van der Waals surface area contributed by atoms with Gasteiger partial charge in [0.05, 0.1) is 12.6 Å². The fraction of sp³-hybridized carbons (Fsp3) is 0.800. The molecule has 1 aliphatic rings. The molecule has 0 aromatic rings. The highest BCUT2D eigenvalue weighted by atomic mass is 16.3. The Kier molecular flexibility index (Phi) is 4.70. The van der Waals surface area contributed by atoms with Gasteiger partial charge in [0.15, 0.2) is 0 Å². The Balaban J connectivity index is 2.10. The largest absolute Gasteiger partial charge is 0.393 e. The fourth-order valence-corrected chi connectivity index (χ4v) is 1.80. The van der Waals surface area contributed by atoms with Crippen molar-refractivity contribution in [2.24, 2.45) is 5.92 Å². The molecule has 0 spiro atoms. The highest BCUT2D eigenvalue weighted by Gasteiger charge is 2.28. The van der Waals surface area contributed by atoms with Gasteiger partial charge >= 0.3 is 0 Å². The number of rotatable bonds is 4. The number of likely N-dealkylation sites (N-methyl/N-ethyl adjacent to an activating group) is 1. The van der Waals surface area contributed by atoms with E-state index in [1.54, 1.807) is 0 Å². The zero-order chi connectivity index (χ0) is 12.1. The second kappa shape index (κ2) is 5.81. The van der Waals surface area contributed by atoms with E-state index in [-0.39, 0.29) is 24.5 Å². The second-order valence-electron chi connectivity index (χ2n) is 4.42. The van der Waals surface area contributed by atoms with Crippen LogP contribution in [0.4, 0.5) is 0 Å². The molecule has 0 aliphatic heterocycles. The van der Waals surface area contributed by atoms with E-state index >= 15 is 0 Å². The standard InChI is InChI=1S/C10H19N3O3/c1-7(14)11-12-10(16)6-13(2)5-8-3-9(15)4-8/h8-9,15H,3-6H2,1-2H3,(H,11,14)(H,12,16). The number of hydrogen-bond acceptors (Lipinski definition) is 4. The lowest BCUT2D eigenvalue weighted by molar-refractivity contribution is -0.128. The maximum atomic E-state index is 11.3. The molecule has 16 heavy (non-hydrogen) atoms. The molecule has 3 N–H and O–H groups in total.